The van der Waals surface area contributed by atoms with E-state index in [1.54, 1.807) is 62.3 Å². The molecule has 0 aromatic carbocycles. The molecular formula is C21H35BrO7. The second-order valence-electron chi connectivity index (χ2n) is 10.5. The quantitative estimate of drug-likeness (QED) is 0.342. The topological polar surface area (TPSA) is 88.1 Å². The number of halogens is 1. The minimum absolute atomic E-state index is 0.0156. The van der Waals surface area contributed by atoms with Gasteiger partial charge in [0.15, 0.2) is 11.1 Å². The van der Waals surface area contributed by atoms with E-state index in [2.05, 4.69) is 15.9 Å². The van der Waals surface area contributed by atoms with Gasteiger partial charge in [0.2, 0.25) is 0 Å². The van der Waals surface area contributed by atoms with Gasteiger partial charge in [0, 0.05) is 6.42 Å². The van der Waals surface area contributed by atoms with Gasteiger partial charge in [-0.1, -0.05) is 15.9 Å². The molecule has 168 valence electrons. The first kappa shape index (κ1) is 25.9. The Kier molecular flexibility index (Phi) is 8.33. The average Bonchev–Trinajstić information content (AvgIpc) is 2.52. The lowest BCUT2D eigenvalue weighted by atomic mass is 9.95. The fraction of sp³-hybridized carbons (Fsp3) is 0.857. The molecule has 7 nitrogen and oxygen atoms in total. The summed E-state index contributed by atoms with van der Waals surface area (Å²) >= 11 is 3.39. The van der Waals surface area contributed by atoms with Gasteiger partial charge in [0.1, 0.15) is 12.7 Å². The first-order chi connectivity index (χ1) is 12.9. The second kappa shape index (κ2) is 9.33. The van der Waals surface area contributed by atoms with Crippen LogP contribution in [0.2, 0.25) is 0 Å². The van der Waals surface area contributed by atoms with Gasteiger partial charge in [-0.15, -0.1) is 0 Å². The summed E-state index contributed by atoms with van der Waals surface area (Å²) in [6.45, 7) is 15.8. The average molecular weight is 479 g/mol. The highest BCUT2D eigenvalue weighted by Crippen LogP contribution is 2.32. The zero-order chi connectivity index (χ0) is 22.8. The number of hydrogen-bond donors (Lipinski definition) is 0. The summed E-state index contributed by atoms with van der Waals surface area (Å²) in [6, 6.07) is 0. The van der Waals surface area contributed by atoms with Crippen LogP contribution >= 0.6 is 15.9 Å². The highest BCUT2D eigenvalue weighted by molar-refractivity contribution is 9.09. The smallest absolute Gasteiger partial charge is 0.311 e. The number of hydrogen-bond acceptors (Lipinski definition) is 7. The molecule has 29 heavy (non-hydrogen) atoms. The van der Waals surface area contributed by atoms with Gasteiger partial charge in [-0.25, -0.2) is 0 Å². The van der Waals surface area contributed by atoms with E-state index in [1.165, 1.54) is 0 Å². The predicted molar refractivity (Wildman–Crippen MR) is 111 cm³/mol. The van der Waals surface area contributed by atoms with Crippen molar-refractivity contribution in [2.75, 3.05) is 6.61 Å². The fourth-order valence-corrected chi connectivity index (χ4v) is 2.98. The Morgan fingerprint density at radius 3 is 1.72 bits per heavy atom. The lowest BCUT2D eigenvalue weighted by Crippen LogP contribution is -2.52. The number of ether oxygens (including phenoxy) is 4. The van der Waals surface area contributed by atoms with E-state index in [9.17, 15) is 14.4 Å². The monoisotopic (exact) mass is 478 g/mol. The fourth-order valence-electron chi connectivity index (χ4n) is 2.23. The molecule has 1 unspecified atom stereocenters. The van der Waals surface area contributed by atoms with Crippen LogP contribution in [0, 0.1) is 16.2 Å². The molecule has 1 saturated heterocycles. The van der Waals surface area contributed by atoms with Gasteiger partial charge in [-0.2, -0.15) is 0 Å². The maximum atomic E-state index is 12.5. The van der Waals surface area contributed by atoms with E-state index in [1.807, 2.05) is 0 Å². The van der Waals surface area contributed by atoms with Crippen molar-refractivity contribution in [2.45, 2.75) is 92.1 Å². The van der Waals surface area contributed by atoms with Crippen molar-refractivity contribution in [1.29, 1.82) is 0 Å². The first-order valence-corrected chi connectivity index (χ1v) is 10.7. The van der Waals surface area contributed by atoms with Gasteiger partial charge < -0.3 is 18.9 Å². The molecule has 4 atom stereocenters. The van der Waals surface area contributed by atoms with Gasteiger partial charge in [0.05, 0.1) is 22.3 Å². The molecule has 0 aromatic rings. The molecule has 0 bridgehead atoms. The number of alkyl halides is 1. The molecule has 8 heteroatoms. The normalized spacial score (nSPS) is 25.9. The van der Waals surface area contributed by atoms with Crippen LogP contribution in [0.25, 0.3) is 0 Å². The Labute approximate surface area is 182 Å². The molecule has 1 heterocycles. The molecule has 0 spiro atoms. The number of carbonyl (C=O) groups is 3. The van der Waals surface area contributed by atoms with Crippen LogP contribution in [0.15, 0.2) is 0 Å². The van der Waals surface area contributed by atoms with Crippen molar-refractivity contribution in [2.24, 2.45) is 16.2 Å². The molecule has 1 fully saturated rings. The van der Waals surface area contributed by atoms with Crippen molar-refractivity contribution in [3.63, 3.8) is 0 Å². The summed E-state index contributed by atoms with van der Waals surface area (Å²) in [5, 5.41) is -0.710. The van der Waals surface area contributed by atoms with Crippen molar-refractivity contribution < 1.29 is 33.3 Å². The summed E-state index contributed by atoms with van der Waals surface area (Å²) < 4.78 is 22.5. The van der Waals surface area contributed by atoms with Crippen LogP contribution in [-0.4, -0.2) is 47.8 Å². The number of carbonyl (C=O) groups excluding carboxylic acids is 3. The lowest BCUT2D eigenvalue weighted by molar-refractivity contribution is -0.207. The predicted octanol–water partition coefficient (Wildman–Crippen LogP) is 4.00. The molecular weight excluding hydrogens is 444 g/mol. The van der Waals surface area contributed by atoms with Gasteiger partial charge in [-0.05, 0) is 62.3 Å². The standard InChI is InChI=1S/C21H35BrO7/c1-19(2,3)16(23)26-11-12-10-13(28-17(24)20(4,5)6)14(15(22)27-12)29-18(25)21(7,8)9/h12-15H,10-11H2,1-9H3/t12-,13-,14-,15?/m0/s1. The molecule has 0 saturated carbocycles. The minimum atomic E-state index is -0.817. The lowest BCUT2D eigenvalue weighted by Gasteiger charge is -2.40. The third-order valence-electron chi connectivity index (χ3n) is 4.18. The Hall–Kier alpha value is -1.15. The Morgan fingerprint density at radius 1 is 0.828 bits per heavy atom. The van der Waals surface area contributed by atoms with Crippen LogP contribution in [0.5, 0.6) is 0 Å². The van der Waals surface area contributed by atoms with Crippen molar-refractivity contribution >= 4 is 33.8 Å². The largest absolute Gasteiger partial charge is 0.463 e. The van der Waals surface area contributed by atoms with Crippen LogP contribution in [0.3, 0.4) is 0 Å². The van der Waals surface area contributed by atoms with Crippen LogP contribution in [-0.2, 0) is 33.3 Å². The molecule has 0 radical (unpaired) electrons. The molecule has 1 aliphatic heterocycles. The van der Waals surface area contributed by atoms with E-state index in [0.717, 1.165) is 0 Å². The van der Waals surface area contributed by atoms with Crippen LogP contribution < -0.4 is 0 Å². The summed E-state index contributed by atoms with van der Waals surface area (Å²) in [5.41, 5.74) is -2.07. The van der Waals surface area contributed by atoms with Crippen molar-refractivity contribution in [1.82, 2.24) is 0 Å². The third-order valence-corrected chi connectivity index (χ3v) is 4.92. The third kappa shape index (κ3) is 7.89. The summed E-state index contributed by atoms with van der Waals surface area (Å²) in [4.78, 5) is 36.9. The van der Waals surface area contributed by atoms with Gasteiger partial charge in [-0.3, -0.25) is 14.4 Å². The molecule has 1 rings (SSSR count). The maximum absolute atomic E-state index is 12.5. The first-order valence-electron chi connectivity index (χ1n) is 9.82. The number of rotatable bonds is 4. The summed E-state index contributed by atoms with van der Waals surface area (Å²) in [6.07, 6.45) is -1.82. The van der Waals surface area contributed by atoms with E-state index in [-0.39, 0.29) is 19.0 Å². The molecule has 1 aliphatic rings. The van der Waals surface area contributed by atoms with Crippen LogP contribution in [0.4, 0.5) is 0 Å². The Morgan fingerprint density at radius 2 is 1.28 bits per heavy atom. The van der Waals surface area contributed by atoms with E-state index < -0.39 is 51.5 Å². The highest BCUT2D eigenvalue weighted by atomic mass is 79.9. The Bertz CT molecular complexity index is 610. The minimum Gasteiger partial charge on any atom is -0.463 e. The van der Waals surface area contributed by atoms with Gasteiger partial charge >= 0.3 is 17.9 Å². The molecule has 0 aliphatic carbocycles. The van der Waals surface area contributed by atoms with E-state index in [4.69, 9.17) is 18.9 Å². The zero-order valence-electron chi connectivity index (χ0n) is 19.0. The van der Waals surface area contributed by atoms with Gasteiger partial charge in [0.25, 0.3) is 0 Å². The van der Waals surface area contributed by atoms with E-state index >= 15 is 0 Å². The molecule has 0 aromatic heterocycles. The second-order valence-corrected chi connectivity index (χ2v) is 11.4. The Balaban J connectivity index is 2.95. The van der Waals surface area contributed by atoms with Crippen LogP contribution in [0.1, 0.15) is 68.7 Å². The molecule has 0 amide bonds. The SMILES string of the molecule is CC(C)(C)C(=O)OC[C@@H]1C[C@H](OC(=O)C(C)(C)C)[C@H](OC(=O)C(C)(C)C)C(Br)O1. The summed E-state index contributed by atoms with van der Waals surface area (Å²) in [7, 11) is 0. The van der Waals surface area contributed by atoms with E-state index in [0.29, 0.717) is 0 Å². The summed E-state index contributed by atoms with van der Waals surface area (Å²) in [5.74, 6) is -1.19. The molecule has 0 N–H and O–H groups in total. The maximum Gasteiger partial charge on any atom is 0.311 e. The number of esters is 3. The van der Waals surface area contributed by atoms with Crippen molar-refractivity contribution in [3.8, 4) is 0 Å². The highest BCUT2D eigenvalue weighted by Gasteiger charge is 2.45. The zero-order valence-corrected chi connectivity index (χ0v) is 20.5. The van der Waals surface area contributed by atoms with Crippen molar-refractivity contribution in [3.05, 3.63) is 0 Å².